The average molecular weight is 456 g/mol. The highest BCUT2D eigenvalue weighted by molar-refractivity contribution is 7.92. The lowest BCUT2D eigenvalue weighted by molar-refractivity contribution is 0.102. The normalized spacial score (nSPS) is 11.4. The largest absolute Gasteiger partial charge is 0.296 e. The van der Waals surface area contributed by atoms with Gasteiger partial charge in [-0.05, 0) is 30.7 Å². The highest BCUT2D eigenvalue weighted by atomic mass is 35.5. The van der Waals surface area contributed by atoms with E-state index < -0.39 is 15.7 Å². The lowest BCUT2D eigenvalue weighted by Gasteiger charge is -2.07. The molecule has 3 aromatic rings. The summed E-state index contributed by atoms with van der Waals surface area (Å²) in [5.74, 6) is -0.816. The molecule has 0 aliphatic heterocycles. The van der Waals surface area contributed by atoms with Crippen molar-refractivity contribution in [2.45, 2.75) is 23.3 Å². The van der Waals surface area contributed by atoms with Crippen LogP contribution in [0.2, 0.25) is 10.0 Å². The number of amides is 1. The number of carbonyl (C=O) groups excluding carboxylic acids is 1. The van der Waals surface area contributed by atoms with Gasteiger partial charge in [0.15, 0.2) is 15.0 Å². The van der Waals surface area contributed by atoms with Crippen molar-refractivity contribution in [1.29, 1.82) is 0 Å². The summed E-state index contributed by atoms with van der Waals surface area (Å²) in [4.78, 5) is 20.5. The fourth-order valence-electron chi connectivity index (χ4n) is 2.44. The molecule has 6 nitrogen and oxygen atoms in total. The van der Waals surface area contributed by atoms with Crippen LogP contribution in [0.1, 0.15) is 28.7 Å². The van der Waals surface area contributed by atoms with Crippen molar-refractivity contribution in [1.82, 2.24) is 9.97 Å². The first-order valence-electron chi connectivity index (χ1n) is 8.19. The van der Waals surface area contributed by atoms with Crippen LogP contribution in [0.25, 0.3) is 0 Å². The molecule has 146 valence electrons. The van der Waals surface area contributed by atoms with Crippen molar-refractivity contribution < 1.29 is 13.2 Å². The summed E-state index contributed by atoms with van der Waals surface area (Å²) in [6.45, 7) is 1.79. The zero-order valence-electron chi connectivity index (χ0n) is 14.6. The molecule has 1 N–H and O–H groups in total. The number of rotatable bonds is 6. The SMILES string of the molecule is CCc1nc(NC(=O)c2ccccn2)sc1S(=O)(=O)Cc1c(Cl)cccc1Cl. The van der Waals surface area contributed by atoms with E-state index in [-0.39, 0.29) is 30.8 Å². The van der Waals surface area contributed by atoms with E-state index in [0.717, 1.165) is 11.3 Å². The third-order valence-corrected chi connectivity index (χ3v) is 7.79. The van der Waals surface area contributed by atoms with Crippen LogP contribution in [-0.4, -0.2) is 24.3 Å². The van der Waals surface area contributed by atoms with Crippen LogP contribution in [0, 0.1) is 0 Å². The predicted molar refractivity (Wildman–Crippen MR) is 111 cm³/mol. The van der Waals surface area contributed by atoms with Crippen molar-refractivity contribution >= 4 is 55.4 Å². The molecule has 10 heteroatoms. The van der Waals surface area contributed by atoms with Crippen LogP contribution in [0.3, 0.4) is 0 Å². The van der Waals surface area contributed by atoms with Crippen molar-refractivity contribution in [3.8, 4) is 0 Å². The van der Waals surface area contributed by atoms with E-state index >= 15 is 0 Å². The highest BCUT2D eigenvalue weighted by Crippen LogP contribution is 2.34. The summed E-state index contributed by atoms with van der Waals surface area (Å²) in [6, 6.07) is 9.76. The maximum atomic E-state index is 13.0. The van der Waals surface area contributed by atoms with E-state index in [0.29, 0.717) is 17.7 Å². The number of nitrogens with one attached hydrogen (secondary N) is 1. The number of aryl methyl sites for hydroxylation is 1. The smallest absolute Gasteiger partial charge is 0.276 e. The average Bonchev–Trinajstić information content (AvgIpc) is 3.09. The van der Waals surface area contributed by atoms with Crippen LogP contribution in [0.4, 0.5) is 5.13 Å². The van der Waals surface area contributed by atoms with Gasteiger partial charge in [0, 0.05) is 21.8 Å². The maximum absolute atomic E-state index is 13.0. The molecular weight excluding hydrogens is 441 g/mol. The molecule has 2 aromatic heterocycles. The standard InChI is InChI=1S/C18H15Cl2N3O3S2/c1-2-14-17(28(25,26)10-11-12(19)6-5-7-13(11)20)27-18(22-14)23-16(24)15-8-3-4-9-21-15/h3-9H,2,10H2,1H3,(H,22,23,24). The molecule has 28 heavy (non-hydrogen) atoms. The van der Waals surface area contributed by atoms with Crippen LogP contribution in [0.15, 0.2) is 46.8 Å². The summed E-state index contributed by atoms with van der Waals surface area (Å²) in [6.07, 6.45) is 1.89. The lowest BCUT2D eigenvalue weighted by Crippen LogP contribution is -2.13. The number of aromatic nitrogens is 2. The molecule has 3 rings (SSSR count). The Hall–Kier alpha value is -2.00. The second-order valence-corrected chi connectivity index (χ2v) is 9.73. The van der Waals surface area contributed by atoms with Gasteiger partial charge in [0.2, 0.25) is 0 Å². The molecular formula is C18H15Cl2N3O3S2. The number of anilines is 1. The van der Waals surface area contributed by atoms with Gasteiger partial charge in [-0.15, -0.1) is 0 Å². The van der Waals surface area contributed by atoms with Crippen molar-refractivity contribution in [2.24, 2.45) is 0 Å². The van der Waals surface area contributed by atoms with Crippen LogP contribution < -0.4 is 5.32 Å². The lowest BCUT2D eigenvalue weighted by atomic mass is 10.2. The summed E-state index contributed by atoms with van der Waals surface area (Å²) >= 11 is 13.1. The number of halogens is 2. The number of hydrogen-bond acceptors (Lipinski definition) is 6. The van der Waals surface area contributed by atoms with E-state index in [1.54, 1.807) is 43.3 Å². The van der Waals surface area contributed by atoms with Gasteiger partial charge in [-0.25, -0.2) is 13.4 Å². The van der Waals surface area contributed by atoms with Crippen LogP contribution >= 0.6 is 34.5 Å². The minimum absolute atomic E-state index is 0.0855. The monoisotopic (exact) mass is 455 g/mol. The molecule has 0 fully saturated rings. The minimum Gasteiger partial charge on any atom is -0.296 e. The fraction of sp³-hybridized carbons (Fsp3) is 0.167. The van der Waals surface area contributed by atoms with E-state index in [4.69, 9.17) is 23.2 Å². The summed E-state index contributed by atoms with van der Waals surface area (Å²) in [5.41, 5.74) is 0.924. The molecule has 0 saturated heterocycles. The number of pyridine rings is 1. The maximum Gasteiger partial charge on any atom is 0.276 e. The van der Waals surface area contributed by atoms with Gasteiger partial charge in [0.05, 0.1) is 11.4 Å². The first-order valence-corrected chi connectivity index (χ1v) is 11.4. The van der Waals surface area contributed by atoms with Gasteiger partial charge < -0.3 is 0 Å². The van der Waals surface area contributed by atoms with E-state index in [1.807, 2.05) is 0 Å². The Morgan fingerprint density at radius 3 is 2.46 bits per heavy atom. The Kier molecular flexibility index (Phi) is 6.34. The quantitative estimate of drug-likeness (QED) is 0.584. The fourth-order valence-corrected chi connectivity index (χ4v) is 6.21. The van der Waals surface area contributed by atoms with Crippen LogP contribution in [-0.2, 0) is 22.0 Å². The van der Waals surface area contributed by atoms with Crippen molar-refractivity contribution in [2.75, 3.05) is 5.32 Å². The summed E-state index contributed by atoms with van der Waals surface area (Å²) < 4.78 is 26.1. The minimum atomic E-state index is -3.76. The molecule has 0 saturated carbocycles. The third kappa shape index (κ3) is 4.52. The second kappa shape index (κ2) is 8.57. The van der Waals surface area contributed by atoms with Gasteiger partial charge >= 0.3 is 0 Å². The van der Waals surface area contributed by atoms with E-state index in [2.05, 4.69) is 15.3 Å². The first-order chi connectivity index (χ1) is 13.3. The number of benzene rings is 1. The van der Waals surface area contributed by atoms with Gasteiger partial charge in [0.1, 0.15) is 9.90 Å². The van der Waals surface area contributed by atoms with Crippen molar-refractivity contribution in [3.63, 3.8) is 0 Å². The van der Waals surface area contributed by atoms with E-state index in [9.17, 15) is 13.2 Å². The Morgan fingerprint density at radius 2 is 1.86 bits per heavy atom. The molecule has 2 heterocycles. The molecule has 0 bridgehead atoms. The van der Waals surface area contributed by atoms with Gasteiger partial charge in [0.25, 0.3) is 5.91 Å². The topological polar surface area (TPSA) is 89.0 Å². The van der Waals surface area contributed by atoms with E-state index in [1.165, 1.54) is 6.20 Å². The number of hydrogen-bond donors (Lipinski definition) is 1. The predicted octanol–water partition coefficient (Wildman–Crippen LogP) is 4.63. The Morgan fingerprint density at radius 1 is 1.14 bits per heavy atom. The zero-order valence-corrected chi connectivity index (χ0v) is 17.8. The van der Waals surface area contributed by atoms with Crippen LogP contribution in [0.5, 0.6) is 0 Å². The Bertz CT molecular complexity index is 1100. The van der Waals surface area contributed by atoms with Gasteiger partial charge in [-0.2, -0.15) is 0 Å². The molecule has 1 aromatic carbocycles. The molecule has 0 atom stereocenters. The third-order valence-electron chi connectivity index (χ3n) is 3.79. The highest BCUT2D eigenvalue weighted by Gasteiger charge is 2.26. The van der Waals surface area contributed by atoms with Gasteiger partial charge in [-0.3, -0.25) is 15.1 Å². The summed E-state index contributed by atoms with van der Waals surface area (Å²) in [5, 5.41) is 3.35. The number of sulfone groups is 1. The van der Waals surface area contributed by atoms with Crippen molar-refractivity contribution in [3.05, 3.63) is 69.6 Å². The Labute approximate surface area is 176 Å². The number of nitrogens with zero attached hydrogens (tertiary/aromatic N) is 2. The van der Waals surface area contributed by atoms with Gasteiger partial charge in [-0.1, -0.05) is 53.6 Å². The number of carbonyl (C=O) groups is 1. The number of thiazole rings is 1. The molecule has 0 unspecified atom stereocenters. The molecule has 1 amide bonds. The molecule has 0 spiro atoms. The molecule has 0 aliphatic rings. The second-order valence-electron chi connectivity index (χ2n) is 5.74. The zero-order chi connectivity index (χ0) is 20.3. The summed E-state index contributed by atoms with van der Waals surface area (Å²) in [7, 11) is -3.76. The Balaban J connectivity index is 1.90. The first kappa shape index (κ1) is 20.7. The molecule has 0 aliphatic carbocycles. The molecule has 0 radical (unpaired) electrons.